The molecule has 35 heavy (non-hydrogen) atoms. The normalized spacial score (nSPS) is 11.5. The van der Waals surface area contributed by atoms with E-state index in [4.69, 9.17) is 9.47 Å². The maximum absolute atomic E-state index is 12.6. The molecule has 4 rings (SSSR count). The minimum Gasteiger partial charge on any atom is -0.454 e. The summed E-state index contributed by atoms with van der Waals surface area (Å²) in [5, 5.41) is 8.80. The average molecular weight is 493 g/mol. The summed E-state index contributed by atoms with van der Waals surface area (Å²) < 4.78 is 10.6. The summed E-state index contributed by atoms with van der Waals surface area (Å²) in [6.07, 6.45) is 1.85. The van der Waals surface area contributed by atoms with Gasteiger partial charge < -0.3 is 25.4 Å². The van der Waals surface area contributed by atoms with Gasteiger partial charge in [0, 0.05) is 31.0 Å². The van der Waals surface area contributed by atoms with E-state index in [0.29, 0.717) is 34.3 Å². The van der Waals surface area contributed by atoms with Gasteiger partial charge in [0.15, 0.2) is 11.5 Å². The number of aromatic nitrogens is 1. The highest BCUT2D eigenvalue weighted by atomic mass is 32.2. The van der Waals surface area contributed by atoms with Gasteiger partial charge in [-0.25, -0.2) is 4.98 Å². The molecule has 1 aromatic heterocycles. The number of amides is 3. The van der Waals surface area contributed by atoms with Crippen LogP contribution in [0.3, 0.4) is 0 Å². The topological polar surface area (TPSA) is 119 Å². The van der Waals surface area contributed by atoms with Crippen LogP contribution in [0.2, 0.25) is 0 Å². The fourth-order valence-electron chi connectivity index (χ4n) is 3.30. The minimum atomic E-state index is -0.325. The predicted octanol–water partition coefficient (Wildman–Crippen LogP) is 2.63. The summed E-state index contributed by atoms with van der Waals surface area (Å²) in [7, 11) is 0. The van der Waals surface area contributed by atoms with E-state index in [1.165, 1.54) is 0 Å². The molecule has 0 saturated carbocycles. The Hall–Kier alpha value is -4.05. The molecule has 1 aliphatic heterocycles. The Morgan fingerprint density at radius 2 is 1.69 bits per heavy atom. The van der Waals surface area contributed by atoms with Crippen molar-refractivity contribution in [3.8, 4) is 11.5 Å². The molecular weight excluding hydrogens is 468 g/mol. The maximum atomic E-state index is 12.6. The van der Waals surface area contributed by atoms with Gasteiger partial charge in [-0.05, 0) is 29.8 Å². The lowest BCUT2D eigenvalue weighted by Gasteiger charge is -2.10. The molecule has 2 heterocycles. The Morgan fingerprint density at radius 3 is 2.54 bits per heavy atom. The van der Waals surface area contributed by atoms with Crippen molar-refractivity contribution >= 4 is 35.2 Å². The highest BCUT2D eigenvalue weighted by Gasteiger charge is 2.16. The molecule has 9 nitrogen and oxygen atoms in total. The second-order valence-corrected chi connectivity index (χ2v) is 8.49. The van der Waals surface area contributed by atoms with E-state index in [2.05, 4.69) is 20.9 Å². The molecule has 3 N–H and O–H groups in total. The van der Waals surface area contributed by atoms with Crippen LogP contribution in [-0.2, 0) is 16.0 Å². The molecule has 0 fully saturated rings. The maximum Gasteiger partial charge on any atom is 0.254 e. The molecule has 10 heteroatoms. The van der Waals surface area contributed by atoms with E-state index in [1.807, 2.05) is 30.3 Å². The smallest absolute Gasteiger partial charge is 0.254 e. The van der Waals surface area contributed by atoms with Crippen LogP contribution in [0, 0.1) is 0 Å². The Kier molecular flexibility index (Phi) is 8.18. The van der Waals surface area contributed by atoms with Crippen LogP contribution in [0.1, 0.15) is 15.9 Å². The lowest BCUT2D eigenvalue weighted by atomic mass is 10.1. The van der Waals surface area contributed by atoms with Crippen molar-refractivity contribution in [1.82, 2.24) is 15.6 Å². The highest BCUT2D eigenvalue weighted by Crippen LogP contribution is 2.34. The largest absolute Gasteiger partial charge is 0.454 e. The van der Waals surface area contributed by atoms with Gasteiger partial charge in [-0.2, -0.15) is 0 Å². The molecule has 180 valence electrons. The van der Waals surface area contributed by atoms with E-state index in [-0.39, 0.29) is 43.2 Å². The van der Waals surface area contributed by atoms with Crippen LogP contribution in [0.25, 0.3) is 0 Å². The molecular formula is C25H24N4O5S. The predicted molar refractivity (Wildman–Crippen MR) is 132 cm³/mol. The van der Waals surface area contributed by atoms with Crippen molar-refractivity contribution in [2.45, 2.75) is 11.4 Å². The van der Waals surface area contributed by atoms with Gasteiger partial charge in [-0.15, -0.1) is 0 Å². The summed E-state index contributed by atoms with van der Waals surface area (Å²) in [5.41, 5.74) is 1.88. The summed E-state index contributed by atoms with van der Waals surface area (Å²) in [4.78, 5) is 41.3. The van der Waals surface area contributed by atoms with Crippen LogP contribution in [0.15, 0.2) is 71.9 Å². The summed E-state index contributed by atoms with van der Waals surface area (Å²) >= 11 is 1.16. The number of carbonyl (C=O) groups is 3. The van der Waals surface area contributed by atoms with E-state index in [9.17, 15) is 14.4 Å². The first-order valence-corrected chi connectivity index (χ1v) is 11.9. The van der Waals surface area contributed by atoms with E-state index in [1.54, 1.807) is 36.5 Å². The highest BCUT2D eigenvalue weighted by molar-refractivity contribution is 8.00. The van der Waals surface area contributed by atoms with Gasteiger partial charge in [-0.3, -0.25) is 14.4 Å². The average Bonchev–Trinajstić information content (AvgIpc) is 3.34. The number of anilines is 1. The first-order chi connectivity index (χ1) is 17.1. The Morgan fingerprint density at radius 1 is 0.886 bits per heavy atom. The number of carbonyl (C=O) groups excluding carboxylic acids is 3. The standard InChI is InChI=1S/C25H24N4O5S/c30-22(13-17-5-2-1-3-6-17)26-11-12-27-24(32)19-7-4-10-28-25(19)35-15-23(31)29-18-8-9-20-21(14-18)34-16-33-20/h1-10,14H,11-13,15-16H2,(H,26,30)(H,27,32)(H,29,31). The number of nitrogens with one attached hydrogen (secondary N) is 3. The lowest BCUT2D eigenvalue weighted by molar-refractivity contribution is -0.120. The van der Waals surface area contributed by atoms with Gasteiger partial charge >= 0.3 is 0 Å². The number of hydrogen-bond donors (Lipinski definition) is 3. The van der Waals surface area contributed by atoms with Gasteiger partial charge in [0.1, 0.15) is 5.03 Å². The SMILES string of the molecule is O=C(Cc1ccccc1)NCCNC(=O)c1cccnc1SCC(=O)Nc1ccc2c(c1)OCO2. The molecule has 0 bridgehead atoms. The molecule has 3 aromatic rings. The zero-order valence-electron chi connectivity index (χ0n) is 18.8. The van der Waals surface area contributed by atoms with Gasteiger partial charge in [-0.1, -0.05) is 42.1 Å². The van der Waals surface area contributed by atoms with Gasteiger partial charge in [0.2, 0.25) is 18.6 Å². The van der Waals surface area contributed by atoms with Crippen molar-refractivity contribution in [3.05, 3.63) is 78.0 Å². The number of hydrogen-bond acceptors (Lipinski definition) is 7. The van der Waals surface area contributed by atoms with E-state index < -0.39 is 0 Å². The van der Waals surface area contributed by atoms with Gasteiger partial charge in [0.25, 0.3) is 5.91 Å². The monoisotopic (exact) mass is 492 g/mol. The molecule has 0 radical (unpaired) electrons. The molecule has 1 aliphatic rings. The lowest BCUT2D eigenvalue weighted by Crippen LogP contribution is -2.35. The van der Waals surface area contributed by atoms with Crippen molar-refractivity contribution in [2.24, 2.45) is 0 Å². The number of rotatable bonds is 10. The van der Waals surface area contributed by atoms with Crippen LogP contribution >= 0.6 is 11.8 Å². The Labute approximate surface area is 206 Å². The molecule has 0 atom stereocenters. The molecule has 0 spiro atoms. The Balaban J connectivity index is 1.22. The Bertz CT molecular complexity index is 1210. The number of nitrogens with zero attached hydrogens (tertiary/aromatic N) is 1. The van der Waals surface area contributed by atoms with Crippen LogP contribution in [0.4, 0.5) is 5.69 Å². The number of fused-ring (bicyclic) bond motifs is 1. The number of thioether (sulfide) groups is 1. The molecule has 0 aliphatic carbocycles. The summed E-state index contributed by atoms with van der Waals surface area (Å²) in [6.45, 7) is 0.730. The van der Waals surface area contributed by atoms with Crippen molar-refractivity contribution in [2.75, 3.05) is 31.0 Å². The summed E-state index contributed by atoms with van der Waals surface area (Å²) in [5.74, 6) is 0.603. The summed E-state index contributed by atoms with van der Waals surface area (Å²) in [6, 6.07) is 17.9. The van der Waals surface area contributed by atoms with E-state index in [0.717, 1.165) is 17.3 Å². The third-order valence-corrected chi connectivity index (χ3v) is 5.96. The van der Waals surface area contributed by atoms with Crippen molar-refractivity contribution < 1.29 is 23.9 Å². The second kappa shape index (κ2) is 11.9. The first-order valence-electron chi connectivity index (χ1n) is 10.9. The molecule has 0 saturated heterocycles. The zero-order chi connectivity index (χ0) is 24.5. The van der Waals surface area contributed by atoms with Crippen LogP contribution < -0.4 is 25.4 Å². The molecule has 2 aromatic carbocycles. The number of ether oxygens (including phenoxy) is 2. The quantitative estimate of drug-likeness (QED) is 0.294. The number of pyridine rings is 1. The van der Waals surface area contributed by atoms with Crippen molar-refractivity contribution in [1.29, 1.82) is 0 Å². The second-order valence-electron chi connectivity index (χ2n) is 7.53. The molecule has 3 amide bonds. The fourth-order valence-corrected chi connectivity index (χ4v) is 4.09. The van der Waals surface area contributed by atoms with Crippen molar-refractivity contribution in [3.63, 3.8) is 0 Å². The first kappa shape index (κ1) is 24.1. The van der Waals surface area contributed by atoms with Crippen LogP contribution in [0.5, 0.6) is 11.5 Å². The van der Waals surface area contributed by atoms with E-state index >= 15 is 0 Å². The minimum absolute atomic E-state index is 0.0707. The zero-order valence-corrected chi connectivity index (χ0v) is 19.6. The fraction of sp³-hybridized carbons (Fsp3) is 0.200. The third-order valence-electron chi connectivity index (χ3n) is 4.95. The molecule has 0 unspecified atom stereocenters. The van der Waals surface area contributed by atoms with Gasteiger partial charge in [0.05, 0.1) is 17.7 Å². The van der Waals surface area contributed by atoms with Crippen LogP contribution in [-0.4, -0.2) is 48.3 Å². The third kappa shape index (κ3) is 6.97. The number of benzene rings is 2.